The first-order valence-electron chi connectivity index (χ1n) is 8.48. The van der Waals surface area contributed by atoms with Crippen molar-refractivity contribution >= 4 is 39.5 Å². The monoisotopic (exact) mass is 425 g/mol. The minimum Gasteiger partial charge on any atom is -0.506 e. The van der Waals surface area contributed by atoms with Gasteiger partial charge in [-0.15, -0.1) is 0 Å². The summed E-state index contributed by atoms with van der Waals surface area (Å²) in [5.41, 5.74) is 2.17. The zero-order chi connectivity index (χ0) is 21.1. The molecule has 1 N–H and O–H groups in total. The van der Waals surface area contributed by atoms with E-state index in [1.54, 1.807) is 36.4 Å². The average Bonchev–Trinajstić information content (AvgIpc) is 3.40. The van der Waals surface area contributed by atoms with Crippen molar-refractivity contribution in [3.05, 3.63) is 82.5 Å². The van der Waals surface area contributed by atoms with Gasteiger partial charge in [0.25, 0.3) is 5.69 Å². The standard InChI is InChI=1S/C13H7ClN2O4.C7H5NO2/c14-9-6-8(16(17)18)4-5-10(9)20-12-3-1-2-11-13(12)15-7-19-11;9-5-2-1-3-6-7(5)8-4-10-6/h1-7H;1-4,9H. The van der Waals surface area contributed by atoms with Crippen LogP contribution >= 0.6 is 11.6 Å². The van der Waals surface area contributed by atoms with E-state index in [-0.39, 0.29) is 16.5 Å². The Labute approximate surface area is 173 Å². The maximum absolute atomic E-state index is 10.6. The molecule has 5 rings (SSSR count). The highest BCUT2D eigenvalue weighted by Gasteiger charge is 2.13. The first-order chi connectivity index (χ1) is 14.5. The highest BCUT2D eigenvalue weighted by atomic mass is 35.5. The van der Waals surface area contributed by atoms with Gasteiger partial charge in [0.1, 0.15) is 11.5 Å². The topological polar surface area (TPSA) is 125 Å². The van der Waals surface area contributed by atoms with Crippen molar-refractivity contribution < 1.29 is 23.6 Å². The lowest BCUT2D eigenvalue weighted by atomic mass is 10.3. The Morgan fingerprint density at radius 1 is 0.933 bits per heavy atom. The summed E-state index contributed by atoms with van der Waals surface area (Å²) in [6.07, 6.45) is 2.62. The Balaban J connectivity index is 0.000000181. The van der Waals surface area contributed by atoms with Gasteiger partial charge in [0.05, 0.1) is 9.95 Å². The van der Waals surface area contributed by atoms with Crippen LogP contribution in [0, 0.1) is 10.1 Å². The number of nitrogens with zero attached hydrogens (tertiary/aromatic N) is 3. The predicted octanol–water partition coefficient (Wildman–Crippen LogP) is 5.72. The number of aromatic hydroxyl groups is 1. The van der Waals surface area contributed by atoms with Crippen LogP contribution in [0.4, 0.5) is 5.69 Å². The lowest BCUT2D eigenvalue weighted by Crippen LogP contribution is -1.90. The van der Waals surface area contributed by atoms with Gasteiger partial charge in [-0.05, 0) is 30.3 Å². The molecule has 0 bridgehead atoms. The zero-order valence-electron chi connectivity index (χ0n) is 15.1. The summed E-state index contributed by atoms with van der Waals surface area (Å²) in [5, 5.41) is 19.9. The second kappa shape index (κ2) is 8.10. The quantitative estimate of drug-likeness (QED) is 0.287. The van der Waals surface area contributed by atoms with Crippen molar-refractivity contribution in [3.8, 4) is 17.2 Å². The number of hydrogen-bond donors (Lipinski definition) is 1. The Morgan fingerprint density at radius 3 is 2.27 bits per heavy atom. The summed E-state index contributed by atoms with van der Waals surface area (Å²) < 4.78 is 15.7. The van der Waals surface area contributed by atoms with Gasteiger partial charge < -0.3 is 18.7 Å². The lowest BCUT2D eigenvalue weighted by molar-refractivity contribution is -0.384. The van der Waals surface area contributed by atoms with Gasteiger partial charge in [-0.3, -0.25) is 10.1 Å². The molecule has 0 aliphatic carbocycles. The van der Waals surface area contributed by atoms with E-state index in [1.165, 1.54) is 31.0 Å². The highest BCUT2D eigenvalue weighted by Crippen LogP contribution is 2.35. The van der Waals surface area contributed by atoms with E-state index < -0.39 is 4.92 Å². The van der Waals surface area contributed by atoms with Gasteiger partial charge in [0, 0.05) is 12.1 Å². The third kappa shape index (κ3) is 3.87. The van der Waals surface area contributed by atoms with E-state index in [9.17, 15) is 10.1 Å². The molecule has 0 saturated heterocycles. The Kier molecular flexibility index (Phi) is 5.19. The summed E-state index contributed by atoms with van der Waals surface area (Å²) in [6.45, 7) is 0. The number of non-ortho nitro benzene ring substituents is 1. The Morgan fingerprint density at radius 2 is 1.60 bits per heavy atom. The minimum atomic E-state index is -0.520. The van der Waals surface area contributed by atoms with Crippen molar-refractivity contribution in [2.24, 2.45) is 0 Å². The number of phenols is 1. The fourth-order valence-electron chi connectivity index (χ4n) is 2.62. The maximum Gasteiger partial charge on any atom is 0.271 e. The molecular formula is C20H12ClN3O6. The molecule has 0 aliphatic rings. The molecule has 0 spiro atoms. The molecule has 0 radical (unpaired) electrons. The number of hydrogen-bond acceptors (Lipinski definition) is 8. The van der Waals surface area contributed by atoms with Crippen LogP contribution in [0.5, 0.6) is 17.2 Å². The number of nitro groups is 1. The van der Waals surface area contributed by atoms with Crippen LogP contribution in [0.25, 0.3) is 22.2 Å². The molecule has 0 saturated carbocycles. The number of phenolic OH excluding ortho intramolecular Hbond substituents is 1. The van der Waals surface area contributed by atoms with E-state index in [0.29, 0.717) is 33.7 Å². The molecule has 0 unspecified atom stereocenters. The van der Waals surface area contributed by atoms with Gasteiger partial charge in [0.15, 0.2) is 40.7 Å². The molecule has 30 heavy (non-hydrogen) atoms. The highest BCUT2D eigenvalue weighted by molar-refractivity contribution is 6.32. The second-order valence-electron chi connectivity index (χ2n) is 5.91. The molecule has 2 heterocycles. The number of rotatable bonds is 3. The molecule has 10 heteroatoms. The van der Waals surface area contributed by atoms with E-state index >= 15 is 0 Å². The summed E-state index contributed by atoms with van der Waals surface area (Å²) >= 11 is 5.98. The number of halogens is 1. The van der Waals surface area contributed by atoms with Gasteiger partial charge >= 0.3 is 0 Å². The number of ether oxygens (including phenoxy) is 1. The van der Waals surface area contributed by atoms with Crippen LogP contribution < -0.4 is 4.74 Å². The summed E-state index contributed by atoms with van der Waals surface area (Å²) in [4.78, 5) is 18.0. The molecule has 9 nitrogen and oxygen atoms in total. The SMILES string of the molecule is O=[N+]([O-])c1ccc(Oc2cccc3ocnc23)c(Cl)c1.Oc1cccc2ocnc12. The third-order valence-electron chi connectivity index (χ3n) is 4.01. The number of para-hydroxylation sites is 2. The Bertz CT molecular complexity index is 1350. The molecule has 150 valence electrons. The number of fused-ring (bicyclic) bond motifs is 2. The summed E-state index contributed by atoms with van der Waals surface area (Å²) in [6, 6.07) is 14.3. The first-order valence-corrected chi connectivity index (χ1v) is 8.86. The molecule has 0 aliphatic heterocycles. The van der Waals surface area contributed by atoms with Crippen molar-refractivity contribution in [2.75, 3.05) is 0 Å². The van der Waals surface area contributed by atoms with E-state index in [0.717, 1.165) is 0 Å². The van der Waals surface area contributed by atoms with Crippen molar-refractivity contribution in [1.82, 2.24) is 9.97 Å². The van der Waals surface area contributed by atoms with Crippen molar-refractivity contribution in [1.29, 1.82) is 0 Å². The van der Waals surface area contributed by atoms with Gasteiger partial charge in [-0.2, -0.15) is 0 Å². The fourth-order valence-corrected chi connectivity index (χ4v) is 2.83. The van der Waals surface area contributed by atoms with Crippen LogP contribution in [0.3, 0.4) is 0 Å². The first kappa shape index (κ1) is 19.2. The van der Waals surface area contributed by atoms with Crippen LogP contribution in [0.1, 0.15) is 0 Å². The van der Waals surface area contributed by atoms with E-state index in [1.807, 2.05) is 0 Å². The van der Waals surface area contributed by atoms with E-state index in [4.69, 9.17) is 30.3 Å². The molecule has 0 amide bonds. The summed E-state index contributed by atoms with van der Waals surface area (Å²) in [5.74, 6) is 0.936. The smallest absolute Gasteiger partial charge is 0.271 e. The van der Waals surface area contributed by atoms with Crippen molar-refractivity contribution in [3.63, 3.8) is 0 Å². The van der Waals surface area contributed by atoms with Crippen LogP contribution in [-0.2, 0) is 0 Å². The third-order valence-corrected chi connectivity index (χ3v) is 4.30. The average molecular weight is 426 g/mol. The zero-order valence-corrected chi connectivity index (χ0v) is 15.8. The molecule has 0 fully saturated rings. The van der Waals surface area contributed by atoms with Crippen LogP contribution in [0.2, 0.25) is 5.02 Å². The van der Waals surface area contributed by atoms with Gasteiger partial charge in [-0.1, -0.05) is 23.7 Å². The van der Waals surface area contributed by atoms with Crippen molar-refractivity contribution in [2.45, 2.75) is 0 Å². The lowest BCUT2D eigenvalue weighted by Gasteiger charge is -2.07. The predicted molar refractivity (Wildman–Crippen MR) is 108 cm³/mol. The number of benzene rings is 3. The Hall–Kier alpha value is -4.11. The number of aromatic nitrogens is 2. The molecule has 2 aromatic heterocycles. The van der Waals surface area contributed by atoms with Crippen LogP contribution in [0.15, 0.2) is 76.2 Å². The molecule has 0 atom stereocenters. The van der Waals surface area contributed by atoms with Crippen LogP contribution in [-0.4, -0.2) is 20.0 Å². The van der Waals surface area contributed by atoms with Gasteiger partial charge in [-0.25, -0.2) is 9.97 Å². The number of nitro benzene ring substituents is 1. The molecular weight excluding hydrogens is 414 g/mol. The minimum absolute atomic E-state index is 0.0954. The molecule has 3 aromatic carbocycles. The summed E-state index contributed by atoms with van der Waals surface area (Å²) in [7, 11) is 0. The van der Waals surface area contributed by atoms with E-state index in [2.05, 4.69) is 9.97 Å². The van der Waals surface area contributed by atoms with Gasteiger partial charge in [0.2, 0.25) is 0 Å². The number of oxazole rings is 2. The molecule has 5 aromatic rings. The maximum atomic E-state index is 10.6. The normalized spacial score (nSPS) is 10.6. The second-order valence-corrected chi connectivity index (χ2v) is 6.31. The fraction of sp³-hybridized carbons (Fsp3) is 0. The largest absolute Gasteiger partial charge is 0.506 e.